The van der Waals surface area contributed by atoms with Crippen LogP contribution in [0.1, 0.15) is 46.3 Å². The van der Waals surface area contributed by atoms with Gasteiger partial charge in [-0.1, -0.05) is 6.07 Å². The molecule has 1 aromatic heterocycles. The van der Waals surface area contributed by atoms with Crippen molar-refractivity contribution in [1.29, 1.82) is 0 Å². The number of nitrogens with zero attached hydrogens (tertiary/aromatic N) is 2. The molecule has 1 aromatic carbocycles. The highest BCUT2D eigenvalue weighted by Crippen LogP contribution is 2.37. The number of hydrogen-bond acceptors (Lipinski definition) is 4. The topological polar surface area (TPSA) is 90.9 Å². The number of nitrogens with one attached hydrogen (secondary N) is 2. The molecule has 0 spiro atoms. The third kappa shape index (κ3) is 2.24. The second-order valence-corrected chi connectivity index (χ2v) is 5.18. The standard InChI is InChI=1S/C14H16N4O2/c1-7-3-6-10(8(2)11(7)19)15-14(20)13-16-12(17-18-13)9-4-5-9/h3,6,9,19H,4-5H2,1-2H3,(H,15,20)(H,16,17,18). The molecule has 3 rings (SSSR count). The summed E-state index contributed by atoms with van der Waals surface area (Å²) < 4.78 is 0. The van der Waals surface area contributed by atoms with Crippen LogP contribution in [-0.2, 0) is 0 Å². The highest BCUT2D eigenvalue weighted by Gasteiger charge is 2.28. The van der Waals surface area contributed by atoms with Gasteiger partial charge in [0.25, 0.3) is 5.91 Å². The lowest BCUT2D eigenvalue weighted by Gasteiger charge is -2.10. The van der Waals surface area contributed by atoms with E-state index in [9.17, 15) is 9.90 Å². The highest BCUT2D eigenvalue weighted by molar-refractivity contribution is 6.02. The molecule has 0 radical (unpaired) electrons. The van der Waals surface area contributed by atoms with Gasteiger partial charge >= 0.3 is 0 Å². The lowest BCUT2D eigenvalue weighted by atomic mass is 10.1. The van der Waals surface area contributed by atoms with E-state index in [0.717, 1.165) is 24.2 Å². The van der Waals surface area contributed by atoms with Crippen molar-refractivity contribution in [2.75, 3.05) is 5.32 Å². The summed E-state index contributed by atoms with van der Waals surface area (Å²) in [5, 5.41) is 19.3. The van der Waals surface area contributed by atoms with Crippen LogP contribution in [-0.4, -0.2) is 26.2 Å². The Labute approximate surface area is 116 Å². The molecular formula is C14H16N4O2. The number of carbonyl (C=O) groups is 1. The molecular weight excluding hydrogens is 256 g/mol. The van der Waals surface area contributed by atoms with Gasteiger partial charge in [-0.3, -0.25) is 9.89 Å². The van der Waals surface area contributed by atoms with Crippen molar-refractivity contribution >= 4 is 11.6 Å². The van der Waals surface area contributed by atoms with E-state index >= 15 is 0 Å². The monoisotopic (exact) mass is 272 g/mol. The fraction of sp³-hybridized carbons (Fsp3) is 0.357. The number of carbonyl (C=O) groups excluding carboxylic acids is 1. The first-order chi connectivity index (χ1) is 9.56. The van der Waals surface area contributed by atoms with Crippen LogP contribution in [0.3, 0.4) is 0 Å². The summed E-state index contributed by atoms with van der Waals surface area (Å²) in [4.78, 5) is 16.3. The molecule has 0 aliphatic heterocycles. The molecule has 0 bridgehead atoms. The third-order valence-corrected chi connectivity index (χ3v) is 3.55. The van der Waals surface area contributed by atoms with Crippen molar-refractivity contribution in [3.63, 3.8) is 0 Å². The molecule has 0 atom stereocenters. The second kappa shape index (κ2) is 4.63. The number of phenols is 1. The van der Waals surface area contributed by atoms with Crippen molar-refractivity contribution in [3.8, 4) is 5.75 Å². The van der Waals surface area contributed by atoms with E-state index in [1.165, 1.54) is 0 Å². The van der Waals surface area contributed by atoms with Gasteiger partial charge in [-0.15, -0.1) is 5.10 Å². The van der Waals surface area contributed by atoms with Gasteiger partial charge in [0.15, 0.2) is 0 Å². The summed E-state index contributed by atoms with van der Waals surface area (Å²) in [6.45, 7) is 3.57. The maximum Gasteiger partial charge on any atom is 0.295 e. The van der Waals surface area contributed by atoms with Crippen molar-refractivity contribution in [3.05, 3.63) is 34.9 Å². The first-order valence-electron chi connectivity index (χ1n) is 6.59. The Morgan fingerprint density at radius 3 is 2.85 bits per heavy atom. The van der Waals surface area contributed by atoms with Crippen LogP contribution in [0.4, 0.5) is 5.69 Å². The number of aryl methyl sites for hydroxylation is 1. The van der Waals surface area contributed by atoms with Crippen molar-refractivity contribution in [2.24, 2.45) is 0 Å². The second-order valence-electron chi connectivity index (χ2n) is 5.18. The number of amides is 1. The Balaban J connectivity index is 1.79. The molecule has 0 unspecified atom stereocenters. The van der Waals surface area contributed by atoms with Gasteiger partial charge in [-0.2, -0.15) is 0 Å². The number of aromatic hydroxyl groups is 1. The lowest BCUT2D eigenvalue weighted by molar-refractivity contribution is 0.101. The predicted octanol–water partition coefficient (Wildman–Crippen LogP) is 2.26. The van der Waals surface area contributed by atoms with Crippen molar-refractivity contribution < 1.29 is 9.90 Å². The molecule has 104 valence electrons. The van der Waals surface area contributed by atoms with Gasteiger partial charge in [0.1, 0.15) is 11.6 Å². The van der Waals surface area contributed by atoms with Crippen LogP contribution in [0, 0.1) is 13.8 Å². The van der Waals surface area contributed by atoms with Crippen molar-refractivity contribution in [1.82, 2.24) is 15.2 Å². The molecule has 1 amide bonds. The van der Waals surface area contributed by atoms with E-state index in [1.807, 2.05) is 6.92 Å². The number of benzene rings is 1. The molecule has 1 saturated carbocycles. The molecule has 1 fully saturated rings. The Hall–Kier alpha value is -2.37. The number of rotatable bonds is 3. The van der Waals surface area contributed by atoms with Gasteiger partial charge in [-0.25, -0.2) is 4.98 Å². The van der Waals surface area contributed by atoms with E-state index in [0.29, 0.717) is 17.2 Å². The molecule has 20 heavy (non-hydrogen) atoms. The van der Waals surface area contributed by atoms with Crippen LogP contribution >= 0.6 is 0 Å². The normalized spacial score (nSPS) is 14.3. The number of hydrogen-bond donors (Lipinski definition) is 3. The zero-order chi connectivity index (χ0) is 14.3. The first kappa shape index (κ1) is 12.7. The Morgan fingerprint density at radius 1 is 1.40 bits per heavy atom. The minimum atomic E-state index is -0.375. The van der Waals surface area contributed by atoms with Gasteiger partial charge in [0.05, 0.1) is 0 Å². The number of H-pyrrole nitrogens is 1. The van der Waals surface area contributed by atoms with E-state index in [1.54, 1.807) is 19.1 Å². The Bertz CT molecular complexity index is 674. The van der Waals surface area contributed by atoms with Gasteiger partial charge in [-0.05, 0) is 38.3 Å². The fourth-order valence-electron chi connectivity index (χ4n) is 2.06. The summed E-state index contributed by atoms with van der Waals surface area (Å²) in [6, 6.07) is 3.52. The largest absolute Gasteiger partial charge is 0.507 e. The van der Waals surface area contributed by atoms with E-state index in [-0.39, 0.29) is 17.5 Å². The minimum absolute atomic E-state index is 0.131. The molecule has 1 aliphatic rings. The summed E-state index contributed by atoms with van der Waals surface area (Å²) >= 11 is 0. The Morgan fingerprint density at radius 2 is 2.15 bits per heavy atom. The zero-order valence-electron chi connectivity index (χ0n) is 11.4. The smallest absolute Gasteiger partial charge is 0.295 e. The summed E-state index contributed by atoms with van der Waals surface area (Å²) in [5.74, 6) is 1.15. The van der Waals surface area contributed by atoms with Crippen LogP contribution < -0.4 is 5.32 Å². The van der Waals surface area contributed by atoms with E-state index < -0.39 is 0 Å². The predicted molar refractivity (Wildman–Crippen MR) is 73.9 cm³/mol. The number of phenolic OH excluding ortho intramolecular Hbond substituents is 1. The van der Waals surface area contributed by atoms with Gasteiger partial charge in [0, 0.05) is 17.2 Å². The maximum atomic E-state index is 12.1. The Kier molecular flexibility index (Phi) is 2.93. The number of aromatic amines is 1. The first-order valence-corrected chi connectivity index (χ1v) is 6.59. The van der Waals surface area contributed by atoms with Crippen LogP contribution in [0.2, 0.25) is 0 Å². The van der Waals surface area contributed by atoms with Crippen LogP contribution in [0.25, 0.3) is 0 Å². The van der Waals surface area contributed by atoms with Crippen LogP contribution in [0.5, 0.6) is 5.75 Å². The van der Waals surface area contributed by atoms with Crippen LogP contribution in [0.15, 0.2) is 12.1 Å². The molecule has 6 nitrogen and oxygen atoms in total. The maximum absolute atomic E-state index is 12.1. The highest BCUT2D eigenvalue weighted by atomic mass is 16.3. The summed E-state index contributed by atoms with van der Waals surface area (Å²) in [6.07, 6.45) is 2.20. The number of aromatic nitrogens is 3. The zero-order valence-corrected chi connectivity index (χ0v) is 11.4. The van der Waals surface area contributed by atoms with Gasteiger partial charge < -0.3 is 10.4 Å². The van der Waals surface area contributed by atoms with E-state index in [4.69, 9.17) is 0 Å². The summed E-state index contributed by atoms with van der Waals surface area (Å²) in [5.41, 5.74) is 1.97. The molecule has 6 heteroatoms. The van der Waals surface area contributed by atoms with E-state index in [2.05, 4.69) is 20.5 Å². The van der Waals surface area contributed by atoms with Crippen molar-refractivity contribution in [2.45, 2.75) is 32.6 Å². The van der Waals surface area contributed by atoms with Gasteiger partial charge in [0.2, 0.25) is 5.82 Å². The SMILES string of the molecule is Cc1ccc(NC(=O)c2n[nH]c(C3CC3)n2)c(C)c1O. The fourth-order valence-corrected chi connectivity index (χ4v) is 2.06. The molecule has 2 aromatic rings. The lowest BCUT2D eigenvalue weighted by Crippen LogP contribution is -2.14. The summed E-state index contributed by atoms with van der Waals surface area (Å²) in [7, 11) is 0. The average Bonchev–Trinajstić information content (AvgIpc) is 3.17. The minimum Gasteiger partial charge on any atom is -0.507 e. The molecule has 0 saturated heterocycles. The molecule has 3 N–H and O–H groups in total. The molecule has 1 heterocycles. The third-order valence-electron chi connectivity index (χ3n) is 3.55. The average molecular weight is 272 g/mol. The quantitative estimate of drug-likeness (QED) is 0.799. The molecule has 1 aliphatic carbocycles. The number of anilines is 1.